The summed E-state index contributed by atoms with van der Waals surface area (Å²) in [6.07, 6.45) is 0. The monoisotopic (exact) mass is 200 g/mol. The fourth-order valence-electron chi connectivity index (χ4n) is 0. The summed E-state index contributed by atoms with van der Waals surface area (Å²) in [5.74, 6) is 0. The van der Waals surface area contributed by atoms with Crippen LogP contribution in [0.25, 0.3) is 0 Å². The number of hydrogen-bond donors (Lipinski definition) is 0. The summed E-state index contributed by atoms with van der Waals surface area (Å²) in [6, 6.07) is 0. The first kappa shape index (κ1) is 17.9. The summed E-state index contributed by atoms with van der Waals surface area (Å²) >= 11 is 0.125. The van der Waals surface area contributed by atoms with Crippen molar-refractivity contribution in [2.45, 2.75) is 0 Å². The summed E-state index contributed by atoms with van der Waals surface area (Å²) in [7, 11) is 0. The van der Waals surface area contributed by atoms with Crippen LogP contribution in [0.2, 0.25) is 0 Å². The first-order valence-electron chi connectivity index (χ1n) is 0.289. The van der Waals surface area contributed by atoms with E-state index in [0.29, 0.717) is 0 Å². The molecule has 0 fully saturated rings. The van der Waals surface area contributed by atoms with Crippen LogP contribution in [0.15, 0.2) is 0 Å². The third-order valence-electron chi connectivity index (χ3n) is 0. The van der Waals surface area contributed by atoms with Crippen molar-refractivity contribution in [1.82, 2.24) is 0 Å². The van der Waals surface area contributed by atoms with Gasteiger partial charge in [-0.3, -0.25) is 0 Å². The van der Waals surface area contributed by atoms with E-state index >= 15 is 0 Å². The topological polar surface area (TPSA) is 17.1 Å². The SMILES string of the molecule is [Cu].[Fe].[H+].[O]=[Zn]. The zero-order chi connectivity index (χ0) is 2.00. The number of rotatable bonds is 0. The van der Waals surface area contributed by atoms with Crippen LogP contribution < -0.4 is 0 Å². The van der Waals surface area contributed by atoms with Crippen molar-refractivity contribution in [3.63, 3.8) is 0 Å². The molecule has 1 nitrogen and oxygen atoms in total. The van der Waals surface area contributed by atoms with E-state index in [9.17, 15) is 0 Å². The molecule has 4 heavy (non-hydrogen) atoms. The maximum atomic E-state index is 8.38. The number of hydrogen-bond acceptors (Lipinski definition) is 1. The van der Waals surface area contributed by atoms with Crippen LogP contribution in [0.4, 0.5) is 0 Å². The van der Waals surface area contributed by atoms with E-state index in [1.807, 2.05) is 0 Å². The molecule has 0 aromatic heterocycles. The summed E-state index contributed by atoms with van der Waals surface area (Å²) in [5.41, 5.74) is 0. The average molecular weight is 202 g/mol. The summed E-state index contributed by atoms with van der Waals surface area (Å²) in [5, 5.41) is 0. The van der Waals surface area contributed by atoms with E-state index in [-0.39, 0.29) is 53.8 Å². The molecule has 0 N–H and O–H groups in total. The van der Waals surface area contributed by atoms with Gasteiger partial charge in [-0.1, -0.05) is 0 Å². The fraction of sp³-hybridized carbons (Fsp3) is 0. The van der Waals surface area contributed by atoms with Crippen molar-refractivity contribution in [2.24, 2.45) is 0 Å². The Morgan fingerprint density at radius 3 is 1.50 bits per heavy atom. The van der Waals surface area contributed by atoms with Gasteiger partial charge in [0.2, 0.25) is 0 Å². The Kier molecular flexibility index (Phi) is 112. The van der Waals surface area contributed by atoms with Gasteiger partial charge >= 0.3 is 23.3 Å². The molecule has 0 unspecified atom stereocenters. The van der Waals surface area contributed by atoms with Crippen molar-refractivity contribution in [3.05, 3.63) is 0 Å². The molecule has 0 aromatic carbocycles. The second-order valence-electron chi connectivity index (χ2n) is 0. The molecule has 0 spiro atoms. The Bertz CT molecular complexity index is 11.6. The second kappa shape index (κ2) is 25.0. The minimum atomic E-state index is 0. The molecule has 0 saturated carbocycles. The normalized spacial score (nSPS) is 1.50. The van der Waals surface area contributed by atoms with Gasteiger partial charge in [-0.2, -0.15) is 0 Å². The predicted octanol–water partition coefficient (Wildman–Crippen LogP) is -0.0138. The Labute approximate surface area is 57.3 Å². The van der Waals surface area contributed by atoms with Gasteiger partial charge in [-0.05, 0) is 0 Å². The molecular formula is HCuFeOZn+. The molecule has 0 aliphatic heterocycles. The Hall–Kier alpha value is 1.46. The van der Waals surface area contributed by atoms with Gasteiger partial charge in [0.05, 0.1) is 0 Å². The van der Waals surface area contributed by atoms with Crippen LogP contribution in [0.5, 0.6) is 0 Å². The molecule has 1 radical (unpaired) electrons. The molecule has 4 heteroatoms. The van der Waals surface area contributed by atoms with Crippen molar-refractivity contribution in [3.8, 4) is 0 Å². The molecule has 0 aromatic rings. The summed E-state index contributed by atoms with van der Waals surface area (Å²) in [6.45, 7) is 0. The molecule has 0 heterocycles. The predicted molar refractivity (Wildman–Crippen MR) is 1.80 cm³/mol. The van der Waals surface area contributed by atoms with Crippen LogP contribution in [0, 0.1) is 0 Å². The van der Waals surface area contributed by atoms with Gasteiger partial charge < -0.3 is 0 Å². The van der Waals surface area contributed by atoms with E-state index in [4.69, 9.17) is 3.57 Å². The second-order valence-corrected chi connectivity index (χ2v) is 0. The van der Waals surface area contributed by atoms with E-state index < -0.39 is 0 Å². The first-order chi connectivity index (χ1) is 1.00. The van der Waals surface area contributed by atoms with Crippen LogP contribution in [-0.2, 0) is 56.0 Å². The Morgan fingerprint density at radius 1 is 1.50 bits per heavy atom. The fourth-order valence-corrected chi connectivity index (χ4v) is 0. The standard InChI is InChI=1S/Cu.Fe.O.Zn/p+1. The van der Waals surface area contributed by atoms with Gasteiger partial charge in [0, 0.05) is 34.1 Å². The summed E-state index contributed by atoms with van der Waals surface area (Å²) in [4.78, 5) is 0. The van der Waals surface area contributed by atoms with Crippen LogP contribution in [0.1, 0.15) is 1.43 Å². The zero-order valence-corrected chi connectivity index (χ0v) is 6.78. The van der Waals surface area contributed by atoms with Crippen molar-refractivity contribution >= 4 is 0 Å². The molecule has 0 atom stereocenters. The van der Waals surface area contributed by atoms with Crippen LogP contribution in [0.3, 0.4) is 0 Å². The first-order valence-corrected chi connectivity index (χ1v) is 1.50. The van der Waals surface area contributed by atoms with E-state index in [2.05, 4.69) is 0 Å². The molecule has 0 aliphatic carbocycles. The quantitative estimate of drug-likeness (QED) is 0.504. The molecule has 27 valence electrons. The van der Waals surface area contributed by atoms with Crippen molar-refractivity contribution in [2.75, 3.05) is 0 Å². The third-order valence-corrected chi connectivity index (χ3v) is 0. The zero-order valence-electron chi connectivity index (χ0n) is 2.77. The molecule has 0 amide bonds. The van der Waals surface area contributed by atoms with Gasteiger partial charge in [-0.15, -0.1) is 0 Å². The van der Waals surface area contributed by atoms with Gasteiger partial charge in [-0.25, -0.2) is 0 Å². The van der Waals surface area contributed by atoms with Crippen molar-refractivity contribution < 1.29 is 57.4 Å². The van der Waals surface area contributed by atoms with Crippen molar-refractivity contribution in [1.29, 1.82) is 0 Å². The van der Waals surface area contributed by atoms with E-state index in [0.717, 1.165) is 0 Å². The van der Waals surface area contributed by atoms with Gasteiger partial charge in [0.25, 0.3) is 0 Å². The molecule has 0 aliphatic rings. The molecular weight excluding hydrogens is 201 g/mol. The van der Waals surface area contributed by atoms with Crippen LogP contribution >= 0.6 is 0 Å². The van der Waals surface area contributed by atoms with Gasteiger partial charge in [0.15, 0.2) is 0 Å². The molecule has 0 rings (SSSR count). The van der Waals surface area contributed by atoms with E-state index in [1.54, 1.807) is 0 Å². The maximum absolute atomic E-state index is 8.38. The third kappa shape index (κ3) is 9.82. The van der Waals surface area contributed by atoms with Gasteiger partial charge in [0.1, 0.15) is 0 Å². The van der Waals surface area contributed by atoms with Crippen LogP contribution in [-0.4, -0.2) is 0 Å². The molecule has 0 saturated heterocycles. The summed E-state index contributed by atoms with van der Waals surface area (Å²) < 4.78 is 8.38. The van der Waals surface area contributed by atoms with E-state index in [1.165, 1.54) is 0 Å². The molecule has 0 bridgehead atoms. The Morgan fingerprint density at radius 2 is 1.50 bits per heavy atom. The Balaban J connectivity index is -0.00000000167. The minimum absolute atomic E-state index is 0. The average Bonchev–Trinajstić information content (AvgIpc) is 1.00.